The summed E-state index contributed by atoms with van der Waals surface area (Å²) in [6, 6.07) is 3.88. The Bertz CT molecular complexity index is 473. The summed E-state index contributed by atoms with van der Waals surface area (Å²) in [5.74, 6) is 0.873. The van der Waals surface area contributed by atoms with Crippen molar-refractivity contribution in [2.75, 3.05) is 0 Å². The molecule has 0 atom stereocenters. The molecule has 78 valence electrons. The molecule has 4 nitrogen and oxygen atoms in total. The minimum absolute atomic E-state index is 0.486. The van der Waals surface area contributed by atoms with Crippen LogP contribution in [0.1, 0.15) is 17.0 Å². The maximum absolute atomic E-state index is 5.67. The highest BCUT2D eigenvalue weighted by Crippen LogP contribution is 2.14. The zero-order chi connectivity index (χ0) is 10.8. The molecule has 2 aromatic heterocycles. The minimum atomic E-state index is 0.486. The highest BCUT2D eigenvalue weighted by atomic mass is 15.1. The zero-order valence-corrected chi connectivity index (χ0v) is 8.94. The molecule has 0 aliphatic heterocycles. The van der Waals surface area contributed by atoms with Crippen molar-refractivity contribution in [2.45, 2.75) is 20.4 Å². The number of nitrogens with zero attached hydrogens (tertiary/aromatic N) is 3. The summed E-state index contributed by atoms with van der Waals surface area (Å²) in [4.78, 5) is 8.59. The summed E-state index contributed by atoms with van der Waals surface area (Å²) in [6.45, 7) is 4.49. The van der Waals surface area contributed by atoms with Gasteiger partial charge in [0.05, 0.1) is 5.69 Å². The first-order valence-electron chi connectivity index (χ1n) is 4.89. The number of nitrogens with two attached hydrogens (primary N) is 1. The summed E-state index contributed by atoms with van der Waals surface area (Å²) in [7, 11) is 0. The molecule has 0 bridgehead atoms. The van der Waals surface area contributed by atoms with Gasteiger partial charge in [-0.15, -0.1) is 0 Å². The molecule has 2 aromatic rings. The van der Waals surface area contributed by atoms with Gasteiger partial charge in [0.15, 0.2) is 0 Å². The molecule has 0 aliphatic carbocycles. The van der Waals surface area contributed by atoms with Gasteiger partial charge < -0.3 is 5.73 Å². The van der Waals surface area contributed by atoms with Crippen LogP contribution in [0.25, 0.3) is 5.82 Å². The van der Waals surface area contributed by atoms with Crippen LogP contribution in [-0.4, -0.2) is 14.5 Å². The Labute approximate surface area is 88.8 Å². The Balaban J connectivity index is 2.58. The van der Waals surface area contributed by atoms with Gasteiger partial charge in [0.25, 0.3) is 0 Å². The van der Waals surface area contributed by atoms with Gasteiger partial charge in [-0.1, -0.05) is 6.07 Å². The largest absolute Gasteiger partial charge is 0.326 e. The van der Waals surface area contributed by atoms with E-state index in [1.807, 2.05) is 30.5 Å². The van der Waals surface area contributed by atoms with E-state index in [1.165, 1.54) is 0 Å². The third-order valence-electron chi connectivity index (χ3n) is 2.57. The number of hydrogen-bond acceptors (Lipinski definition) is 3. The number of aryl methyl sites for hydroxylation is 1. The van der Waals surface area contributed by atoms with Crippen LogP contribution in [0, 0.1) is 13.8 Å². The topological polar surface area (TPSA) is 56.7 Å². The SMILES string of the molecule is Cc1ncn(-c2ncccc2CN)c1C. The molecule has 2 rings (SSSR count). The lowest BCUT2D eigenvalue weighted by molar-refractivity contribution is 0.906. The predicted molar refractivity (Wildman–Crippen MR) is 58.7 cm³/mol. The molecule has 0 fully saturated rings. The zero-order valence-electron chi connectivity index (χ0n) is 8.94. The van der Waals surface area contributed by atoms with Crippen LogP contribution in [0.4, 0.5) is 0 Å². The molecular weight excluding hydrogens is 188 g/mol. The van der Waals surface area contributed by atoms with Crippen molar-refractivity contribution in [1.82, 2.24) is 14.5 Å². The highest BCUT2D eigenvalue weighted by molar-refractivity contribution is 5.36. The average Bonchev–Trinajstić information content (AvgIpc) is 2.60. The minimum Gasteiger partial charge on any atom is -0.326 e. The average molecular weight is 202 g/mol. The van der Waals surface area contributed by atoms with Gasteiger partial charge in [-0.2, -0.15) is 0 Å². The Hall–Kier alpha value is -1.68. The number of aromatic nitrogens is 3. The molecule has 0 aromatic carbocycles. The van der Waals surface area contributed by atoms with Crippen molar-refractivity contribution < 1.29 is 0 Å². The Kier molecular flexibility index (Phi) is 2.51. The quantitative estimate of drug-likeness (QED) is 0.799. The first-order chi connectivity index (χ1) is 7.24. The molecule has 0 amide bonds. The van der Waals surface area contributed by atoms with Crippen LogP contribution < -0.4 is 5.73 Å². The molecule has 0 saturated heterocycles. The van der Waals surface area contributed by atoms with Crippen molar-refractivity contribution in [3.05, 3.63) is 41.6 Å². The summed E-state index contributed by atoms with van der Waals surface area (Å²) in [5.41, 5.74) is 8.81. The highest BCUT2D eigenvalue weighted by Gasteiger charge is 2.08. The molecular formula is C11H14N4. The smallest absolute Gasteiger partial charge is 0.142 e. The fourth-order valence-electron chi connectivity index (χ4n) is 1.52. The van der Waals surface area contributed by atoms with E-state index in [0.717, 1.165) is 22.8 Å². The maximum Gasteiger partial charge on any atom is 0.142 e. The molecule has 4 heteroatoms. The van der Waals surface area contributed by atoms with E-state index in [-0.39, 0.29) is 0 Å². The second-order valence-corrected chi connectivity index (χ2v) is 3.48. The van der Waals surface area contributed by atoms with Gasteiger partial charge in [0.2, 0.25) is 0 Å². The van der Waals surface area contributed by atoms with Crippen LogP contribution in [0.3, 0.4) is 0 Å². The molecule has 0 aliphatic rings. The van der Waals surface area contributed by atoms with Crippen molar-refractivity contribution in [1.29, 1.82) is 0 Å². The molecule has 15 heavy (non-hydrogen) atoms. The number of imidazole rings is 1. The fraction of sp³-hybridized carbons (Fsp3) is 0.273. The van der Waals surface area contributed by atoms with E-state index in [1.54, 1.807) is 12.5 Å². The van der Waals surface area contributed by atoms with E-state index in [0.29, 0.717) is 6.54 Å². The van der Waals surface area contributed by atoms with Crippen molar-refractivity contribution in [3.63, 3.8) is 0 Å². The van der Waals surface area contributed by atoms with Crippen molar-refractivity contribution in [3.8, 4) is 5.82 Å². The lowest BCUT2D eigenvalue weighted by atomic mass is 10.2. The standard InChI is InChI=1S/C11H14N4/c1-8-9(2)15(7-14-8)11-10(6-12)4-3-5-13-11/h3-5,7H,6,12H2,1-2H3. The Morgan fingerprint density at radius 1 is 1.33 bits per heavy atom. The normalized spacial score (nSPS) is 10.6. The van der Waals surface area contributed by atoms with Crippen molar-refractivity contribution in [2.24, 2.45) is 5.73 Å². The Morgan fingerprint density at radius 2 is 2.13 bits per heavy atom. The summed E-state index contributed by atoms with van der Waals surface area (Å²) in [6.07, 6.45) is 3.55. The number of rotatable bonds is 2. The first-order valence-corrected chi connectivity index (χ1v) is 4.89. The van der Waals surface area contributed by atoms with E-state index in [2.05, 4.69) is 9.97 Å². The van der Waals surface area contributed by atoms with Gasteiger partial charge in [-0.3, -0.25) is 4.57 Å². The van der Waals surface area contributed by atoms with Gasteiger partial charge in [-0.25, -0.2) is 9.97 Å². The van der Waals surface area contributed by atoms with Crippen LogP contribution in [0.5, 0.6) is 0 Å². The summed E-state index contributed by atoms with van der Waals surface area (Å²) in [5, 5.41) is 0. The lowest BCUT2D eigenvalue weighted by Gasteiger charge is -2.08. The second-order valence-electron chi connectivity index (χ2n) is 3.48. The summed E-state index contributed by atoms with van der Waals surface area (Å²) < 4.78 is 1.97. The number of pyridine rings is 1. The molecule has 2 heterocycles. The molecule has 0 radical (unpaired) electrons. The molecule has 0 saturated carbocycles. The molecule has 2 N–H and O–H groups in total. The van der Waals surface area contributed by atoms with Crippen LogP contribution in [-0.2, 0) is 6.54 Å². The number of hydrogen-bond donors (Lipinski definition) is 1. The van der Waals surface area contributed by atoms with E-state index >= 15 is 0 Å². The second kappa shape index (κ2) is 3.82. The van der Waals surface area contributed by atoms with Crippen molar-refractivity contribution >= 4 is 0 Å². The van der Waals surface area contributed by atoms with E-state index in [4.69, 9.17) is 5.73 Å². The van der Waals surface area contributed by atoms with Gasteiger partial charge in [-0.05, 0) is 19.9 Å². The third kappa shape index (κ3) is 1.64. The van der Waals surface area contributed by atoms with Gasteiger partial charge >= 0.3 is 0 Å². The third-order valence-corrected chi connectivity index (χ3v) is 2.57. The van der Waals surface area contributed by atoms with Crippen LogP contribution in [0.15, 0.2) is 24.7 Å². The van der Waals surface area contributed by atoms with Gasteiger partial charge in [0, 0.05) is 24.0 Å². The Morgan fingerprint density at radius 3 is 2.73 bits per heavy atom. The fourth-order valence-corrected chi connectivity index (χ4v) is 1.52. The maximum atomic E-state index is 5.67. The molecule has 0 unspecified atom stereocenters. The van der Waals surface area contributed by atoms with Crippen LogP contribution in [0.2, 0.25) is 0 Å². The predicted octanol–water partition coefficient (Wildman–Crippen LogP) is 1.34. The first kappa shape index (κ1) is 9.86. The van der Waals surface area contributed by atoms with E-state index in [9.17, 15) is 0 Å². The van der Waals surface area contributed by atoms with E-state index < -0.39 is 0 Å². The van der Waals surface area contributed by atoms with Gasteiger partial charge in [0.1, 0.15) is 12.1 Å². The lowest BCUT2D eigenvalue weighted by Crippen LogP contribution is -2.07. The summed E-state index contributed by atoms with van der Waals surface area (Å²) >= 11 is 0. The molecule has 0 spiro atoms. The monoisotopic (exact) mass is 202 g/mol. The van der Waals surface area contributed by atoms with Crippen LogP contribution >= 0.6 is 0 Å².